The molecular weight excluding hydrogens is 394 g/mol. The highest BCUT2D eigenvalue weighted by Crippen LogP contribution is 2.36. The number of nitrogens with zero attached hydrogens (tertiary/aromatic N) is 2. The third kappa shape index (κ3) is 7.70. The molecule has 8 heteroatoms. The fourth-order valence-electron chi connectivity index (χ4n) is 4.50. The van der Waals surface area contributed by atoms with Crippen LogP contribution in [-0.4, -0.2) is 69.8 Å². The van der Waals surface area contributed by atoms with Crippen molar-refractivity contribution in [2.75, 3.05) is 53.0 Å². The number of morpholine rings is 1. The average molecular weight is 432 g/mol. The Balaban J connectivity index is 1.52. The highest BCUT2D eigenvalue weighted by molar-refractivity contribution is 5.79. The SMILES string of the molecule is CN=C(NCc1cccc(OCC(N)=O)c1)NCC1(CN2CCOCC2)CCCCC1. The Hall–Kier alpha value is -2.32. The van der Waals surface area contributed by atoms with Crippen LogP contribution in [0.15, 0.2) is 29.3 Å². The van der Waals surface area contributed by atoms with Crippen molar-refractivity contribution in [1.82, 2.24) is 15.5 Å². The monoisotopic (exact) mass is 431 g/mol. The Morgan fingerprint density at radius 2 is 2.00 bits per heavy atom. The van der Waals surface area contributed by atoms with E-state index in [0.717, 1.165) is 50.9 Å². The predicted molar refractivity (Wildman–Crippen MR) is 122 cm³/mol. The molecule has 2 aliphatic rings. The lowest BCUT2D eigenvalue weighted by atomic mass is 9.73. The summed E-state index contributed by atoms with van der Waals surface area (Å²) in [4.78, 5) is 17.9. The van der Waals surface area contributed by atoms with Gasteiger partial charge in [-0.3, -0.25) is 14.7 Å². The van der Waals surface area contributed by atoms with E-state index in [2.05, 4.69) is 20.5 Å². The van der Waals surface area contributed by atoms with Crippen molar-refractivity contribution in [2.45, 2.75) is 38.6 Å². The predicted octanol–water partition coefficient (Wildman–Crippen LogP) is 1.50. The van der Waals surface area contributed by atoms with Crippen LogP contribution in [-0.2, 0) is 16.1 Å². The number of benzene rings is 1. The minimum Gasteiger partial charge on any atom is -0.484 e. The number of carbonyl (C=O) groups is 1. The summed E-state index contributed by atoms with van der Waals surface area (Å²) in [5.74, 6) is 0.949. The quantitative estimate of drug-likeness (QED) is 0.405. The third-order valence-electron chi connectivity index (χ3n) is 6.17. The van der Waals surface area contributed by atoms with E-state index < -0.39 is 5.91 Å². The van der Waals surface area contributed by atoms with Crippen LogP contribution in [0.4, 0.5) is 0 Å². The van der Waals surface area contributed by atoms with E-state index in [1.165, 1.54) is 32.1 Å². The minimum absolute atomic E-state index is 0.120. The Labute approximate surface area is 185 Å². The van der Waals surface area contributed by atoms with E-state index in [1.54, 1.807) is 7.05 Å². The maximum Gasteiger partial charge on any atom is 0.255 e. The Morgan fingerprint density at radius 1 is 1.23 bits per heavy atom. The van der Waals surface area contributed by atoms with Gasteiger partial charge in [0.15, 0.2) is 12.6 Å². The van der Waals surface area contributed by atoms with Gasteiger partial charge in [-0.2, -0.15) is 0 Å². The number of ether oxygens (including phenoxy) is 2. The van der Waals surface area contributed by atoms with E-state index in [4.69, 9.17) is 15.2 Å². The number of carbonyl (C=O) groups excluding carboxylic acids is 1. The van der Waals surface area contributed by atoms with Crippen LogP contribution in [0.25, 0.3) is 0 Å². The molecule has 0 atom stereocenters. The van der Waals surface area contributed by atoms with Crippen molar-refractivity contribution in [3.8, 4) is 5.75 Å². The van der Waals surface area contributed by atoms with Crippen LogP contribution in [0, 0.1) is 5.41 Å². The molecule has 1 heterocycles. The summed E-state index contributed by atoms with van der Waals surface area (Å²) in [6.07, 6.45) is 6.46. The Bertz CT molecular complexity index is 728. The van der Waals surface area contributed by atoms with Crippen molar-refractivity contribution in [3.63, 3.8) is 0 Å². The van der Waals surface area contributed by atoms with Gasteiger partial charge < -0.3 is 25.8 Å². The van der Waals surface area contributed by atoms with Crippen LogP contribution >= 0.6 is 0 Å². The van der Waals surface area contributed by atoms with Crippen LogP contribution in [0.1, 0.15) is 37.7 Å². The highest BCUT2D eigenvalue weighted by Gasteiger charge is 2.34. The number of hydrogen-bond donors (Lipinski definition) is 3. The van der Waals surface area contributed by atoms with Crippen molar-refractivity contribution in [1.29, 1.82) is 0 Å². The van der Waals surface area contributed by atoms with Crippen molar-refractivity contribution < 1.29 is 14.3 Å². The number of nitrogens with one attached hydrogen (secondary N) is 2. The van der Waals surface area contributed by atoms with Crippen LogP contribution < -0.4 is 21.1 Å². The molecule has 0 spiro atoms. The summed E-state index contributed by atoms with van der Waals surface area (Å²) in [5, 5.41) is 6.98. The summed E-state index contributed by atoms with van der Waals surface area (Å²) < 4.78 is 10.9. The first-order chi connectivity index (χ1) is 15.1. The van der Waals surface area contributed by atoms with Gasteiger partial charge in [0, 0.05) is 45.2 Å². The lowest BCUT2D eigenvalue weighted by Gasteiger charge is -2.42. The molecule has 1 aliphatic heterocycles. The van der Waals surface area contributed by atoms with Gasteiger partial charge in [-0.25, -0.2) is 0 Å². The summed E-state index contributed by atoms with van der Waals surface area (Å²) in [5.41, 5.74) is 6.48. The zero-order chi connectivity index (χ0) is 21.9. The molecule has 2 fully saturated rings. The smallest absolute Gasteiger partial charge is 0.255 e. The summed E-state index contributed by atoms with van der Waals surface area (Å²) in [6.45, 7) is 6.29. The lowest BCUT2D eigenvalue weighted by molar-refractivity contribution is -0.119. The number of nitrogens with two attached hydrogens (primary N) is 1. The van der Waals surface area contributed by atoms with E-state index in [1.807, 2.05) is 24.3 Å². The van der Waals surface area contributed by atoms with E-state index in [9.17, 15) is 4.79 Å². The maximum absolute atomic E-state index is 10.9. The second kappa shape index (κ2) is 11.9. The first-order valence-corrected chi connectivity index (χ1v) is 11.3. The second-order valence-corrected chi connectivity index (χ2v) is 8.63. The average Bonchev–Trinajstić information content (AvgIpc) is 2.79. The zero-order valence-corrected chi connectivity index (χ0v) is 18.7. The number of primary amides is 1. The van der Waals surface area contributed by atoms with Crippen LogP contribution in [0.5, 0.6) is 5.75 Å². The molecular formula is C23H37N5O3. The van der Waals surface area contributed by atoms with Gasteiger partial charge in [0.25, 0.3) is 5.91 Å². The molecule has 3 rings (SSSR count). The van der Waals surface area contributed by atoms with Gasteiger partial charge in [-0.1, -0.05) is 31.4 Å². The zero-order valence-electron chi connectivity index (χ0n) is 18.7. The van der Waals surface area contributed by atoms with E-state index in [0.29, 0.717) is 12.3 Å². The molecule has 0 aromatic heterocycles. The van der Waals surface area contributed by atoms with Gasteiger partial charge in [-0.15, -0.1) is 0 Å². The molecule has 1 aromatic rings. The fraction of sp³-hybridized carbons (Fsp3) is 0.652. The molecule has 1 aliphatic carbocycles. The fourth-order valence-corrected chi connectivity index (χ4v) is 4.50. The van der Waals surface area contributed by atoms with Gasteiger partial charge in [0.05, 0.1) is 13.2 Å². The number of hydrogen-bond acceptors (Lipinski definition) is 5. The number of rotatable bonds is 9. The van der Waals surface area contributed by atoms with E-state index in [-0.39, 0.29) is 12.0 Å². The van der Waals surface area contributed by atoms with Gasteiger partial charge in [0.1, 0.15) is 5.75 Å². The van der Waals surface area contributed by atoms with Gasteiger partial charge >= 0.3 is 0 Å². The maximum atomic E-state index is 10.9. The summed E-state index contributed by atoms with van der Waals surface area (Å²) >= 11 is 0. The van der Waals surface area contributed by atoms with Crippen molar-refractivity contribution in [3.05, 3.63) is 29.8 Å². The molecule has 1 saturated heterocycles. The first-order valence-electron chi connectivity index (χ1n) is 11.3. The van der Waals surface area contributed by atoms with E-state index >= 15 is 0 Å². The topological polar surface area (TPSA) is 101 Å². The summed E-state index contributed by atoms with van der Waals surface area (Å²) in [7, 11) is 1.80. The van der Waals surface area contributed by atoms with Crippen LogP contribution in [0.3, 0.4) is 0 Å². The highest BCUT2D eigenvalue weighted by atomic mass is 16.5. The number of guanidine groups is 1. The molecule has 0 radical (unpaired) electrons. The second-order valence-electron chi connectivity index (χ2n) is 8.63. The van der Waals surface area contributed by atoms with Gasteiger partial charge in [0.2, 0.25) is 0 Å². The molecule has 1 aromatic carbocycles. The lowest BCUT2D eigenvalue weighted by Crippen LogP contribution is -2.51. The summed E-state index contributed by atoms with van der Waals surface area (Å²) in [6, 6.07) is 7.64. The molecule has 31 heavy (non-hydrogen) atoms. The molecule has 0 unspecified atom stereocenters. The standard InChI is InChI=1S/C23H37N5O3/c1-25-22(26-15-19-6-5-7-20(14-19)31-16-21(24)29)27-17-23(8-3-2-4-9-23)18-28-10-12-30-13-11-28/h5-7,14H,2-4,8-13,15-18H2,1H3,(H2,24,29)(H2,25,26,27). The molecule has 172 valence electrons. The largest absolute Gasteiger partial charge is 0.484 e. The Morgan fingerprint density at radius 3 is 2.71 bits per heavy atom. The van der Waals surface area contributed by atoms with Gasteiger partial charge in [-0.05, 0) is 30.5 Å². The van der Waals surface area contributed by atoms with Crippen molar-refractivity contribution >= 4 is 11.9 Å². The molecule has 4 N–H and O–H groups in total. The number of aliphatic imine (C=N–C) groups is 1. The van der Waals surface area contributed by atoms with Crippen molar-refractivity contribution in [2.24, 2.45) is 16.1 Å². The first kappa shape index (κ1) is 23.3. The Kier molecular flexibility index (Phi) is 8.97. The molecule has 1 saturated carbocycles. The molecule has 0 bridgehead atoms. The van der Waals surface area contributed by atoms with Crippen LogP contribution in [0.2, 0.25) is 0 Å². The minimum atomic E-state index is -0.484. The molecule has 8 nitrogen and oxygen atoms in total. The number of amides is 1. The third-order valence-corrected chi connectivity index (χ3v) is 6.17. The molecule has 1 amide bonds. The normalized spacial score (nSPS) is 19.6.